The second-order valence-electron chi connectivity index (χ2n) is 3.28. The second-order valence-corrected chi connectivity index (χ2v) is 6.90. The molecule has 1 aromatic rings. The molecule has 0 saturated heterocycles. The summed E-state index contributed by atoms with van der Waals surface area (Å²) < 4.78 is 52.4. The van der Waals surface area contributed by atoms with E-state index in [9.17, 15) is 9.13 Å². The molecule has 20 heavy (non-hydrogen) atoms. The summed E-state index contributed by atoms with van der Waals surface area (Å²) in [5, 5.41) is 0. The molecular weight excluding hydrogens is 310 g/mol. The highest BCUT2D eigenvalue weighted by atomic mass is 31.2. The zero-order chi connectivity index (χ0) is 15.2. The lowest BCUT2D eigenvalue weighted by Gasteiger charge is -2.16. The van der Waals surface area contributed by atoms with Crippen LogP contribution in [-0.2, 0) is 27.2 Å². The van der Waals surface area contributed by atoms with Gasteiger partial charge in [-0.05, 0) is 12.1 Å². The van der Waals surface area contributed by atoms with E-state index >= 15 is 0 Å². The van der Waals surface area contributed by atoms with Crippen molar-refractivity contribution in [3.05, 3.63) is 24.3 Å². The van der Waals surface area contributed by atoms with Gasteiger partial charge in [-0.25, -0.2) is 9.13 Å². The molecule has 0 bridgehead atoms. The molecule has 0 fully saturated rings. The standard InChI is InChI=1S/C10H16O8P2/c1-13-19(11,14-2)17-9-6-5-7-10(8-9)18-20(12,15-3)16-4/h5-8H,1-4H3. The van der Waals surface area contributed by atoms with Crippen LogP contribution in [0, 0.1) is 0 Å². The van der Waals surface area contributed by atoms with Crippen LogP contribution in [0.2, 0.25) is 0 Å². The largest absolute Gasteiger partial charge is 0.529 e. The first kappa shape index (κ1) is 17.2. The molecule has 0 radical (unpaired) electrons. The van der Waals surface area contributed by atoms with E-state index in [4.69, 9.17) is 9.05 Å². The molecule has 0 unspecified atom stereocenters. The molecule has 1 rings (SSSR count). The Hall–Kier alpha value is -0.880. The summed E-state index contributed by atoms with van der Waals surface area (Å²) >= 11 is 0. The maximum Gasteiger partial charge on any atom is 0.529 e. The summed E-state index contributed by atoms with van der Waals surface area (Å²) in [6.45, 7) is 0. The molecule has 0 N–H and O–H groups in total. The second kappa shape index (κ2) is 7.22. The highest BCUT2D eigenvalue weighted by Gasteiger charge is 2.27. The lowest BCUT2D eigenvalue weighted by atomic mass is 10.3. The zero-order valence-electron chi connectivity index (χ0n) is 11.5. The van der Waals surface area contributed by atoms with Crippen molar-refractivity contribution < 1.29 is 36.3 Å². The number of hydrogen-bond donors (Lipinski definition) is 0. The van der Waals surface area contributed by atoms with Crippen LogP contribution in [0.4, 0.5) is 0 Å². The Kier molecular flexibility index (Phi) is 6.20. The lowest BCUT2D eigenvalue weighted by molar-refractivity contribution is 0.209. The Balaban J connectivity index is 2.92. The van der Waals surface area contributed by atoms with Crippen LogP contribution in [0.3, 0.4) is 0 Å². The summed E-state index contributed by atoms with van der Waals surface area (Å²) in [6.07, 6.45) is 0. The van der Waals surface area contributed by atoms with Crippen molar-refractivity contribution in [1.29, 1.82) is 0 Å². The van der Waals surface area contributed by atoms with Gasteiger partial charge in [-0.3, -0.25) is 18.1 Å². The van der Waals surface area contributed by atoms with E-state index in [1.54, 1.807) is 0 Å². The van der Waals surface area contributed by atoms with Gasteiger partial charge < -0.3 is 9.05 Å². The molecule has 0 aromatic heterocycles. The number of phosphoric ester groups is 2. The lowest BCUT2D eigenvalue weighted by Crippen LogP contribution is -1.99. The third kappa shape index (κ3) is 4.59. The van der Waals surface area contributed by atoms with E-state index in [1.165, 1.54) is 52.7 Å². The molecular formula is C10H16O8P2. The minimum absolute atomic E-state index is 0.147. The molecule has 1 aromatic carbocycles. The third-order valence-electron chi connectivity index (χ3n) is 2.13. The summed E-state index contributed by atoms with van der Waals surface area (Å²) in [6, 6.07) is 5.88. The summed E-state index contributed by atoms with van der Waals surface area (Å²) in [5.41, 5.74) is 0. The van der Waals surface area contributed by atoms with Crippen LogP contribution in [0.25, 0.3) is 0 Å². The van der Waals surface area contributed by atoms with Crippen molar-refractivity contribution in [3.8, 4) is 11.5 Å². The fourth-order valence-corrected chi connectivity index (χ4v) is 2.48. The van der Waals surface area contributed by atoms with Crippen LogP contribution in [0.5, 0.6) is 11.5 Å². The summed E-state index contributed by atoms with van der Waals surface area (Å²) in [4.78, 5) is 0. The molecule has 0 heterocycles. The van der Waals surface area contributed by atoms with E-state index in [-0.39, 0.29) is 11.5 Å². The molecule has 0 aliphatic heterocycles. The molecule has 0 saturated carbocycles. The smallest absolute Gasteiger partial charge is 0.404 e. The van der Waals surface area contributed by atoms with Crippen molar-refractivity contribution in [2.24, 2.45) is 0 Å². The molecule has 0 amide bonds. The topological polar surface area (TPSA) is 89.5 Å². The van der Waals surface area contributed by atoms with E-state index in [1.807, 2.05) is 0 Å². The van der Waals surface area contributed by atoms with Crippen molar-refractivity contribution in [2.75, 3.05) is 28.4 Å². The number of benzene rings is 1. The Labute approximate surface area is 117 Å². The van der Waals surface area contributed by atoms with E-state index in [0.717, 1.165) is 0 Å². The van der Waals surface area contributed by atoms with Crippen molar-refractivity contribution in [1.82, 2.24) is 0 Å². The van der Waals surface area contributed by atoms with Crippen LogP contribution < -0.4 is 9.05 Å². The third-order valence-corrected chi connectivity index (χ3v) is 4.79. The number of phosphoric acid groups is 2. The summed E-state index contributed by atoms with van der Waals surface area (Å²) in [5.74, 6) is 0.293. The van der Waals surface area contributed by atoms with Gasteiger partial charge in [0, 0.05) is 34.5 Å². The quantitative estimate of drug-likeness (QED) is 0.673. The van der Waals surface area contributed by atoms with Crippen LogP contribution in [0.15, 0.2) is 24.3 Å². The first-order chi connectivity index (χ1) is 9.40. The predicted molar refractivity (Wildman–Crippen MR) is 70.9 cm³/mol. The SMILES string of the molecule is COP(=O)(OC)Oc1cccc(OP(=O)(OC)OC)c1. The fourth-order valence-electron chi connectivity index (χ4n) is 1.14. The molecule has 0 atom stereocenters. The van der Waals surface area contributed by atoms with Gasteiger partial charge in [-0.15, -0.1) is 0 Å². The molecule has 0 aliphatic carbocycles. The van der Waals surface area contributed by atoms with Gasteiger partial charge >= 0.3 is 15.6 Å². The van der Waals surface area contributed by atoms with Crippen LogP contribution in [0.1, 0.15) is 0 Å². The predicted octanol–water partition coefficient (Wildman–Crippen LogP) is 3.25. The maximum atomic E-state index is 11.8. The van der Waals surface area contributed by atoms with Gasteiger partial charge in [0.05, 0.1) is 0 Å². The first-order valence-corrected chi connectivity index (χ1v) is 8.24. The molecule has 0 spiro atoms. The van der Waals surface area contributed by atoms with Crippen molar-refractivity contribution >= 4 is 15.6 Å². The van der Waals surface area contributed by atoms with E-state index < -0.39 is 15.6 Å². The number of rotatable bonds is 8. The molecule has 10 heteroatoms. The monoisotopic (exact) mass is 326 g/mol. The maximum absolute atomic E-state index is 11.8. The van der Waals surface area contributed by atoms with Gasteiger partial charge in [-0.2, -0.15) is 0 Å². The Morgan fingerprint density at radius 2 is 1.10 bits per heavy atom. The fraction of sp³-hybridized carbons (Fsp3) is 0.400. The minimum atomic E-state index is -3.68. The average molecular weight is 326 g/mol. The van der Waals surface area contributed by atoms with Gasteiger partial charge in [-0.1, -0.05) is 6.07 Å². The van der Waals surface area contributed by atoms with Gasteiger partial charge in [0.15, 0.2) is 0 Å². The molecule has 8 nitrogen and oxygen atoms in total. The van der Waals surface area contributed by atoms with E-state index in [2.05, 4.69) is 18.1 Å². The number of hydrogen-bond acceptors (Lipinski definition) is 8. The Morgan fingerprint density at radius 3 is 1.40 bits per heavy atom. The van der Waals surface area contributed by atoms with Crippen molar-refractivity contribution in [3.63, 3.8) is 0 Å². The summed E-state index contributed by atoms with van der Waals surface area (Å²) in [7, 11) is -2.59. The van der Waals surface area contributed by atoms with Crippen LogP contribution in [-0.4, -0.2) is 28.4 Å². The normalized spacial score (nSPS) is 12.2. The Morgan fingerprint density at radius 1 is 0.750 bits per heavy atom. The molecule has 114 valence electrons. The highest BCUT2D eigenvalue weighted by Crippen LogP contribution is 2.50. The van der Waals surface area contributed by atoms with Crippen LogP contribution >= 0.6 is 15.6 Å². The van der Waals surface area contributed by atoms with Crippen molar-refractivity contribution in [2.45, 2.75) is 0 Å². The molecule has 0 aliphatic rings. The zero-order valence-corrected chi connectivity index (χ0v) is 13.3. The van der Waals surface area contributed by atoms with E-state index in [0.29, 0.717) is 0 Å². The minimum Gasteiger partial charge on any atom is -0.404 e. The van der Waals surface area contributed by atoms with Gasteiger partial charge in [0.2, 0.25) is 0 Å². The van der Waals surface area contributed by atoms with Gasteiger partial charge in [0.1, 0.15) is 11.5 Å². The first-order valence-electron chi connectivity index (χ1n) is 5.32. The average Bonchev–Trinajstić information content (AvgIpc) is 2.47. The highest BCUT2D eigenvalue weighted by molar-refractivity contribution is 7.49. The van der Waals surface area contributed by atoms with Gasteiger partial charge in [0.25, 0.3) is 0 Å². The Bertz CT molecular complexity index is 472.